The SMILES string of the molecule is Cc1ccc(-c2c(Cl)nc(-c3ncccn3)nc2NS(=O)(=O)/C=C/c2ccccc2)cc1. The van der Waals surface area contributed by atoms with E-state index in [0.29, 0.717) is 11.1 Å². The van der Waals surface area contributed by atoms with E-state index < -0.39 is 10.0 Å². The summed E-state index contributed by atoms with van der Waals surface area (Å²) in [6.07, 6.45) is 4.58. The fraction of sp³-hybridized carbons (Fsp3) is 0.0435. The molecule has 2 heterocycles. The lowest BCUT2D eigenvalue weighted by Gasteiger charge is -2.13. The van der Waals surface area contributed by atoms with Crippen LogP contribution in [0.15, 0.2) is 78.5 Å². The number of hydrogen-bond donors (Lipinski definition) is 1. The maximum absolute atomic E-state index is 12.8. The summed E-state index contributed by atoms with van der Waals surface area (Å²) in [6, 6.07) is 18.2. The Morgan fingerprint density at radius 3 is 2.25 bits per heavy atom. The van der Waals surface area contributed by atoms with Gasteiger partial charge in [-0.05, 0) is 30.2 Å². The number of rotatable bonds is 6. The van der Waals surface area contributed by atoms with Crippen molar-refractivity contribution in [1.82, 2.24) is 19.9 Å². The zero-order valence-electron chi connectivity index (χ0n) is 17.0. The van der Waals surface area contributed by atoms with Gasteiger partial charge in [-0.15, -0.1) is 0 Å². The number of aryl methyl sites for hydroxylation is 1. The van der Waals surface area contributed by atoms with E-state index in [-0.39, 0.29) is 22.6 Å². The smallest absolute Gasteiger partial charge is 0.256 e. The van der Waals surface area contributed by atoms with E-state index in [4.69, 9.17) is 11.6 Å². The van der Waals surface area contributed by atoms with E-state index in [1.807, 2.05) is 49.4 Å². The second-order valence-corrected chi connectivity index (χ2v) is 8.78. The van der Waals surface area contributed by atoms with Gasteiger partial charge in [-0.2, -0.15) is 0 Å². The molecule has 0 bridgehead atoms. The Bertz CT molecular complexity index is 1360. The minimum atomic E-state index is -3.91. The molecule has 0 saturated heterocycles. The van der Waals surface area contributed by atoms with Gasteiger partial charge in [-0.25, -0.2) is 28.4 Å². The summed E-state index contributed by atoms with van der Waals surface area (Å²) >= 11 is 6.50. The van der Waals surface area contributed by atoms with Crippen LogP contribution in [-0.4, -0.2) is 28.4 Å². The Morgan fingerprint density at radius 1 is 0.875 bits per heavy atom. The minimum Gasteiger partial charge on any atom is -0.263 e. The third kappa shape index (κ3) is 5.16. The van der Waals surface area contributed by atoms with Gasteiger partial charge in [0.15, 0.2) is 11.6 Å². The normalized spacial score (nSPS) is 11.6. The lowest BCUT2D eigenvalue weighted by molar-refractivity contribution is 0.609. The Morgan fingerprint density at radius 2 is 1.56 bits per heavy atom. The van der Waals surface area contributed by atoms with Crippen LogP contribution in [0.3, 0.4) is 0 Å². The molecule has 7 nitrogen and oxygen atoms in total. The summed E-state index contributed by atoms with van der Waals surface area (Å²) in [7, 11) is -3.91. The first-order chi connectivity index (χ1) is 15.4. The first kappa shape index (κ1) is 21.6. The van der Waals surface area contributed by atoms with Crippen molar-refractivity contribution in [2.45, 2.75) is 6.92 Å². The number of sulfonamides is 1. The molecule has 160 valence electrons. The van der Waals surface area contributed by atoms with Crippen LogP contribution in [0.2, 0.25) is 5.15 Å². The van der Waals surface area contributed by atoms with Crippen molar-refractivity contribution < 1.29 is 8.42 Å². The molecule has 0 aliphatic rings. The van der Waals surface area contributed by atoms with Gasteiger partial charge in [-0.1, -0.05) is 71.8 Å². The Kier molecular flexibility index (Phi) is 6.25. The first-order valence-electron chi connectivity index (χ1n) is 9.59. The Balaban J connectivity index is 1.79. The van der Waals surface area contributed by atoms with Gasteiger partial charge in [0.25, 0.3) is 10.0 Å². The topological polar surface area (TPSA) is 97.7 Å². The fourth-order valence-electron chi connectivity index (χ4n) is 2.90. The van der Waals surface area contributed by atoms with Crippen LogP contribution in [0.25, 0.3) is 28.9 Å². The molecule has 0 radical (unpaired) electrons. The molecule has 0 atom stereocenters. The summed E-state index contributed by atoms with van der Waals surface area (Å²) in [6.45, 7) is 1.95. The van der Waals surface area contributed by atoms with Crippen LogP contribution >= 0.6 is 11.6 Å². The molecule has 32 heavy (non-hydrogen) atoms. The van der Waals surface area contributed by atoms with Gasteiger partial charge >= 0.3 is 0 Å². The highest BCUT2D eigenvalue weighted by molar-refractivity contribution is 7.95. The van der Waals surface area contributed by atoms with E-state index in [0.717, 1.165) is 16.5 Å². The summed E-state index contributed by atoms with van der Waals surface area (Å²) in [5.74, 6) is 0.371. The van der Waals surface area contributed by atoms with E-state index in [2.05, 4.69) is 24.7 Å². The number of anilines is 1. The highest BCUT2D eigenvalue weighted by atomic mass is 35.5. The quantitative estimate of drug-likeness (QED) is 0.405. The minimum absolute atomic E-state index is 0.0361. The second-order valence-electron chi connectivity index (χ2n) is 6.86. The number of halogens is 1. The Hall–Kier alpha value is -3.62. The summed E-state index contributed by atoms with van der Waals surface area (Å²) in [4.78, 5) is 17.0. The van der Waals surface area contributed by atoms with Gasteiger partial charge in [0.1, 0.15) is 5.15 Å². The predicted molar refractivity (Wildman–Crippen MR) is 126 cm³/mol. The van der Waals surface area contributed by atoms with E-state index in [1.54, 1.807) is 30.6 Å². The molecule has 0 fully saturated rings. The number of hydrogen-bond acceptors (Lipinski definition) is 6. The van der Waals surface area contributed by atoms with Crippen LogP contribution < -0.4 is 4.72 Å². The van der Waals surface area contributed by atoms with Crippen LogP contribution in [-0.2, 0) is 10.0 Å². The third-order valence-corrected chi connectivity index (χ3v) is 5.69. The molecule has 9 heteroatoms. The van der Waals surface area contributed by atoms with Gasteiger partial charge in [-0.3, -0.25) is 4.72 Å². The predicted octanol–water partition coefficient (Wildman–Crippen LogP) is 4.98. The molecular weight excluding hydrogens is 446 g/mol. The van der Waals surface area contributed by atoms with Crippen LogP contribution in [0, 0.1) is 6.92 Å². The maximum Gasteiger partial charge on any atom is 0.256 e. The van der Waals surface area contributed by atoms with Crippen LogP contribution in [0.4, 0.5) is 5.82 Å². The summed E-state index contributed by atoms with van der Waals surface area (Å²) in [5.41, 5.74) is 2.83. The van der Waals surface area contributed by atoms with Crippen molar-refractivity contribution in [1.29, 1.82) is 0 Å². The molecule has 4 aromatic rings. The summed E-state index contributed by atoms with van der Waals surface area (Å²) < 4.78 is 28.2. The molecule has 0 spiro atoms. The average molecular weight is 464 g/mol. The van der Waals surface area contributed by atoms with Crippen molar-refractivity contribution in [2.24, 2.45) is 0 Å². The monoisotopic (exact) mass is 463 g/mol. The lowest BCUT2D eigenvalue weighted by atomic mass is 10.1. The van der Waals surface area contributed by atoms with Gasteiger partial charge in [0, 0.05) is 12.4 Å². The highest BCUT2D eigenvalue weighted by Crippen LogP contribution is 2.34. The fourth-order valence-corrected chi connectivity index (χ4v) is 4.00. The standard InChI is InChI=1S/C23H18ClN5O2S/c1-16-8-10-18(11-9-16)19-20(24)27-23(22-25-13-5-14-26-22)28-21(19)29-32(30,31)15-12-17-6-3-2-4-7-17/h2-15H,1H3,(H,27,28,29)/b15-12+. The lowest BCUT2D eigenvalue weighted by Crippen LogP contribution is -2.13. The van der Waals surface area contributed by atoms with E-state index in [1.165, 1.54) is 6.08 Å². The molecule has 0 amide bonds. The maximum atomic E-state index is 12.8. The van der Waals surface area contributed by atoms with Crippen LogP contribution in [0.1, 0.15) is 11.1 Å². The van der Waals surface area contributed by atoms with Gasteiger partial charge < -0.3 is 0 Å². The average Bonchev–Trinajstić information content (AvgIpc) is 2.80. The molecule has 0 unspecified atom stereocenters. The number of benzene rings is 2. The molecule has 1 N–H and O–H groups in total. The van der Waals surface area contributed by atoms with Gasteiger partial charge in [0.2, 0.25) is 5.82 Å². The number of nitrogens with one attached hydrogen (secondary N) is 1. The molecule has 2 aromatic carbocycles. The number of nitrogens with zero attached hydrogens (tertiary/aromatic N) is 4. The highest BCUT2D eigenvalue weighted by Gasteiger charge is 2.20. The molecule has 0 aliphatic heterocycles. The Labute approximate surface area is 191 Å². The van der Waals surface area contributed by atoms with Crippen molar-refractivity contribution in [2.75, 3.05) is 4.72 Å². The van der Waals surface area contributed by atoms with Crippen molar-refractivity contribution in [3.63, 3.8) is 0 Å². The first-order valence-corrected chi connectivity index (χ1v) is 11.5. The third-order valence-electron chi connectivity index (χ3n) is 4.45. The van der Waals surface area contributed by atoms with Crippen molar-refractivity contribution >= 4 is 33.5 Å². The number of aromatic nitrogens is 4. The molecular formula is C23H18ClN5O2S. The second kappa shape index (κ2) is 9.25. The molecule has 4 rings (SSSR count). The summed E-state index contributed by atoms with van der Waals surface area (Å²) in [5, 5.41) is 1.16. The van der Waals surface area contributed by atoms with E-state index >= 15 is 0 Å². The largest absolute Gasteiger partial charge is 0.263 e. The van der Waals surface area contributed by atoms with E-state index in [9.17, 15) is 8.42 Å². The molecule has 0 aliphatic carbocycles. The zero-order chi connectivity index (χ0) is 22.6. The van der Waals surface area contributed by atoms with Gasteiger partial charge in [0.05, 0.1) is 11.0 Å². The van der Waals surface area contributed by atoms with Crippen molar-refractivity contribution in [3.05, 3.63) is 94.7 Å². The molecule has 0 saturated carbocycles. The zero-order valence-corrected chi connectivity index (χ0v) is 18.5. The molecule has 2 aromatic heterocycles. The van der Waals surface area contributed by atoms with Crippen LogP contribution in [0.5, 0.6) is 0 Å². The van der Waals surface area contributed by atoms with Crippen molar-refractivity contribution in [3.8, 4) is 22.8 Å².